The van der Waals surface area contributed by atoms with Gasteiger partial charge in [0.15, 0.2) is 11.2 Å². The summed E-state index contributed by atoms with van der Waals surface area (Å²) in [6.45, 7) is 2.62. The minimum Gasteiger partial charge on any atom is -0.497 e. The number of methoxy groups -OCH3 is 1. The van der Waals surface area contributed by atoms with Crippen LogP contribution in [-0.2, 0) is 19.4 Å². The lowest BCUT2D eigenvalue weighted by atomic mass is 10.0. The van der Waals surface area contributed by atoms with E-state index in [0.29, 0.717) is 23.2 Å². The van der Waals surface area contributed by atoms with E-state index in [0.717, 1.165) is 41.0 Å². The maximum Gasteiger partial charge on any atom is 0.280 e. The van der Waals surface area contributed by atoms with E-state index in [1.165, 1.54) is 0 Å². The number of nitrogens with zero attached hydrogens (tertiary/aromatic N) is 5. The molecule has 160 valence electrons. The van der Waals surface area contributed by atoms with Crippen LogP contribution in [0.3, 0.4) is 0 Å². The average Bonchev–Trinajstić information content (AvgIpc) is 3.23. The fraction of sp³-hybridized carbons (Fsp3) is 0.200. The monoisotopic (exact) mass is 425 g/mol. The Kier molecular flexibility index (Phi) is 5.15. The third-order valence-corrected chi connectivity index (χ3v) is 5.72. The van der Waals surface area contributed by atoms with Gasteiger partial charge in [0.25, 0.3) is 5.56 Å². The quantitative estimate of drug-likeness (QED) is 0.412. The van der Waals surface area contributed by atoms with Crippen molar-refractivity contribution in [3.8, 4) is 16.9 Å². The number of fused-ring (bicyclic) bond motifs is 3. The van der Waals surface area contributed by atoms with Crippen LogP contribution in [0.5, 0.6) is 5.75 Å². The molecule has 0 aliphatic rings. The fourth-order valence-corrected chi connectivity index (χ4v) is 3.99. The number of hydrogen-bond acceptors (Lipinski definition) is 5. The van der Waals surface area contributed by atoms with Crippen LogP contribution in [0.4, 0.5) is 0 Å². The highest BCUT2D eigenvalue weighted by molar-refractivity contribution is 5.84. The first-order chi connectivity index (χ1) is 15.7. The molecule has 2 aromatic carbocycles. The van der Waals surface area contributed by atoms with E-state index in [-0.39, 0.29) is 5.56 Å². The molecule has 0 spiro atoms. The Bertz CT molecular complexity index is 1450. The number of aryl methyl sites for hydroxylation is 3. The molecule has 32 heavy (non-hydrogen) atoms. The van der Waals surface area contributed by atoms with Crippen LogP contribution in [0.15, 0.2) is 71.7 Å². The molecule has 0 fully saturated rings. The minimum atomic E-state index is -0.166. The number of hydrogen-bond donors (Lipinski definition) is 0. The summed E-state index contributed by atoms with van der Waals surface area (Å²) in [6, 6.07) is 19.8. The van der Waals surface area contributed by atoms with Crippen molar-refractivity contribution in [2.24, 2.45) is 0 Å². The molecule has 0 unspecified atom stereocenters. The lowest BCUT2D eigenvalue weighted by Crippen LogP contribution is -2.22. The van der Waals surface area contributed by atoms with Crippen LogP contribution in [0.2, 0.25) is 0 Å². The highest BCUT2D eigenvalue weighted by Crippen LogP contribution is 2.28. The van der Waals surface area contributed by atoms with Gasteiger partial charge < -0.3 is 9.30 Å². The van der Waals surface area contributed by atoms with Crippen molar-refractivity contribution in [3.63, 3.8) is 0 Å². The zero-order chi connectivity index (χ0) is 22.1. The van der Waals surface area contributed by atoms with Gasteiger partial charge in [-0.1, -0.05) is 49.4 Å². The van der Waals surface area contributed by atoms with Crippen LogP contribution >= 0.6 is 0 Å². The van der Waals surface area contributed by atoms with Gasteiger partial charge in [0, 0.05) is 12.7 Å². The van der Waals surface area contributed by atoms with Crippen molar-refractivity contribution in [2.75, 3.05) is 7.11 Å². The second-order valence-corrected chi connectivity index (χ2v) is 7.62. The number of benzene rings is 2. The summed E-state index contributed by atoms with van der Waals surface area (Å²) in [4.78, 5) is 13.1. The van der Waals surface area contributed by atoms with Gasteiger partial charge in [0.1, 0.15) is 11.3 Å². The summed E-state index contributed by atoms with van der Waals surface area (Å²) in [5.41, 5.74) is 5.55. The van der Waals surface area contributed by atoms with Gasteiger partial charge in [-0.25, -0.2) is 4.52 Å². The maximum atomic E-state index is 13.1. The van der Waals surface area contributed by atoms with Crippen molar-refractivity contribution >= 4 is 16.7 Å². The van der Waals surface area contributed by atoms with E-state index < -0.39 is 0 Å². The summed E-state index contributed by atoms with van der Waals surface area (Å²) in [5.74, 6) is 0.816. The molecule has 0 aliphatic carbocycles. The molecule has 0 bridgehead atoms. The molecule has 0 amide bonds. The van der Waals surface area contributed by atoms with E-state index >= 15 is 0 Å². The van der Waals surface area contributed by atoms with Gasteiger partial charge in [-0.2, -0.15) is 5.10 Å². The molecule has 0 N–H and O–H groups in total. The number of pyridine rings is 1. The van der Waals surface area contributed by atoms with Crippen molar-refractivity contribution in [3.05, 3.63) is 88.5 Å². The SMILES string of the molecule is CCc1nn2c(nnc3c(=O)n(CCc4ccc(OC)cc4)ccc32)c1-c1ccccc1. The molecule has 5 rings (SSSR count). The molecular weight excluding hydrogens is 402 g/mol. The highest BCUT2D eigenvalue weighted by Gasteiger charge is 2.18. The molecule has 0 saturated heterocycles. The number of ether oxygens (including phenoxy) is 1. The van der Waals surface area contributed by atoms with Gasteiger partial charge in [-0.3, -0.25) is 4.79 Å². The third kappa shape index (κ3) is 3.41. The molecule has 7 heteroatoms. The van der Waals surface area contributed by atoms with Gasteiger partial charge >= 0.3 is 0 Å². The summed E-state index contributed by atoms with van der Waals surface area (Å²) in [7, 11) is 1.65. The molecule has 0 aliphatic heterocycles. The van der Waals surface area contributed by atoms with Gasteiger partial charge in [0.2, 0.25) is 0 Å². The highest BCUT2D eigenvalue weighted by atomic mass is 16.5. The van der Waals surface area contributed by atoms with E-state index in [2.05, 4.69) is 17.1 Å². The number of aromatic nitrogens is 5. The van der Waals surface area contributed by atoms with E-state index in [4.69, 9.17) is 9.84 Å². The summed E-state index contributed by atoms with van der Waals surface area (Å²) in [6.07, 6.45) is 3.30. The molecular formula is C25H23N5O2. The minimum absolute atomic E-state index is 0.166. The summed E-state index contributed by atoms with van der Waals surface area (Å²) < 4.78 is 8.63. The lowest BCUT2D eigenvalue weighted by Gasteiger charge is -2.08. The predicted molar refractivity (Wildman–Crippen MR) is 124 cm³/mol. The van der Waals surface area contributed by atoms with Crippen LogP contribution < -0.4 is 10.3 Å². The Hall–Kier alpha value is -4.00. The topological polar surface area (TPSA) is 74.3 Å². The summed E-state index contributed by atoms with van der Waals surface area (Å²) in [5, 5.41) is 13.5. The first-order valence-electron chi connectivity index (χ1n) is 10.7. The van der Waals surface area contributed by atoms with Crippen molar-refractivity contribution in [1.82, 2.24) is 24.4 Å². The Balaban J connectivity index is 1.55. The predicted octanol–water partition coefficient (Wildman–Crippen LogP) is 3.92. The van der Waals surface area contributed by atoms with Crippen LogP contribution in [0, 0.1) is 0 Å². The molecule has 3 aromatic heterocycles. The van der Waals surface area contributed by atoms with Crippen LogP contribution in [0.1, 0.15) is 18.2 Å². The van der Waals surface area contributed by atoms with Gasteiger partial charge in [-0.05, 0) is 42.2 Å². The normalized spacial score (nSPS) is 11.3. The zero-order valence-corrected chi connectivity index (χ0v) is 18.0. The van der Waals surface area contributed by atoms with E-state index in [1.54, 1.807) is 16.2 Å². The molecule has 3 heterocycles. The molecule has 0 radical (unpaired) electrons. The first-order valence-corrected chi connectivity index (χ1v) is 10.7. The second kappa shape index (κ2) is 8.26. The Morgan fingerprint density at radius 2 is 1.75 bits per heavy atom. The average molecular weight is 425 g/mol. The maximum absolute atomic E-state index is 13.1. The molecule has 0 atom stereocenters. The Labute approximate surface area is 184 Å². The van der Waals surface area contributed by atoms with E-state index in [1.807, 2.05) is 66.9 Å². The molecule has 0 saturated carbocycles. The number of rotatable bonds is 6. The van der Waals surface area contributed by atoms with Crippen molar-refractivity contribution < 1.29 is 4.74 Å². The smallest absolute Gasteiger partial charge is 0.280 e. The second-order valence-electron chi connectivity index (χ2n) is 7.62. The largest absolute Gasteiger partial charge is 0.497 e. The van der Waals surface area contributed by atoms with Gasteiger partial charge in [-0.15, -0.1) is 10.2 Å². The first kappa shape index (κ1) is 19.9. The molecule has 5 aromatic rings. The van der Waals surface area contributed by atoms with Crippen LogP contribution in [-0.4, -0.2) is 31.5 Å². The third-order valence-electron chi connectivity index (χ3n) is 5.72. The summed E-state index contributed by atoms with van der Waals surface area (Å²) >= 11 is 0. The standard InChI is InChI=1S/C25H23N5O2/c1-3-20-22(18-7-5-4-6-8-18)24-27-26-23-21(30(24)28-20)14-16-29(25(23)31)15-13-17-9-11-19(32-2)12-10-17/h4-12,14,16H,3,13,15H2,1-2H3. The fourth-order valence-electron chi connectivity index (χ4n) is 3.99. The van der Waals surface area contributed by atoms with Gasteiger partial charge in [0.05, 0.1) is 18.4 Å². The van der Waals surface area contributed by atoms with Crippen LogP contribution in [0.25, 0.3) is 27.8 Å². The zero-order valence-electron chi connectivity index (χ0n) is 18.0. The van der Waals surface area contributed by atoms with Crippen molar-refractivity contribution in [2.45, 2.75) is 26.3 Å². The van der Waals surface area contributed by atoms with Crippen molar-refractivity contribution in [1.29, 1.82) is 0 Å². The lowest BCUT2D eigenvalue weighted by molar-refractivity contribution is 0.414. The molecule has 7 nitrogen and oxygen atoms in total. The Morgan fingerprint density at radius 1 is 0.969 bits per heavy atom. The Morgan fingerprint density at radius 3 is 2.47 bits per heavy atom. The van der Waals surface area contributed by atoms with E-state index in [9.17, 15) is 4.79 Å².